The zero-order valence-electron chi connectivity index (χ0n) is 10.4. The van der Waals surface area contributed by atoms with Crippen molar-refractivity contribution in [3.05, 3.63) is 34.9 Å². The zero-order valence-corrected chi connectivity index (χ0v) is 11.1. The van der Waals surface area contributed by atoms with Crippen molar-refractivity contribution < 1.29 is 0 Å². The number of hydrogen-bond acceptors (Lipinski definition) is 0. The monoisotopic (exact) mass is 236 g/mol. The van der Waals surface area contributed by atoms with Gasteiger partial charge in [0.15, 0.2) is 0 Å². The second-order valence-corrected chi connectivity index (χ2v) is 5.89. The Morgan fingerprint density at radius 3 is 2.50 bits per heavy atom. The molecule has 0 aromatic heterocycles. The van der Waals surface area contributed by atoms with Gasteiger partial charge in [-0.1, -0.05) is 32.0 Å². The summed E-state index contributed by atoms with van der Waals surface area (Å²) >= 11 is 5.88. The van der Waals surface area contributed by atoms with Crippen LogP contribution in [-0.4, -0.2) is 5.88 Å². The first-order chi connectivity index (χ1) is 7.63. The van der Waals surface area contributed by atoms with Crippen molar-refractivity contribution in [2.24, 2.45) is 0 Å². The summed E-state index contributed by atoms with van der Waals surface area (Å²) < 4.78 is 0. The number of aryl methyl sites for hydroxylation is 2. The fourth-order valence-electron chi connectivity index (χ4n) is 2.53. The Hall–Kier alpha value is -0.490. The second kappa shape index (κ2) is 4.79. The van der Waals surface area contributed by atoms with Crippen molar-refractivity contribution in [2.45, 2.75) is 51.4 Å². The molecule has 1 aliphatic rings. The molecule has 2 rings (SSSR count). The molecule has 0 N–H and O–H groups in total. The van der Waals surface area contributed by atoms with Gasteiger partial charge in [0.05, 0.1) is 0 Å². The molecule has 0 fully saturated rings. The Labute approximate surface area is 104 Å². The maximum Gasteiger partial charge on any atom is 0.0231 e. The Morgan fingerprint density at radius 1 is 1.12 bits per heavy atom. The smallest absolute Gasteiger partial charge is 0.0231 e. The van der Waals surface area contributed by atoms with E-state index < -0.39 is 0 Å². The lowest BCUT2D eigenvalue weighted by atomic mass is 9.79. The molecule has 0 aliphatic heterocycles. The summed E-state index contributed by atoms with van der Waals surface area (Å²) in [6, 6.07) is 7.05. The highest BCUT2D eigenvalue weighted by Gasteiger charge is 2.21. The lowest BCUT2D eigenvalue weighted by Gasteiger charge is -2.26. The first kappa shape index (κ1) is 12.0. The molecule has 1 aromatic rings. The Bertz CT molecular complexity index is 366. The molecule has 0 spiro atoms. The molecule has 0 radical (unpaired) electrons. The van der Waals surface area contributed by atoms with Crippen LogP contribution in [0.15, 0.2) is 18.2 Å². The second-order valence-electron chi connectivity index (χ2n) is 5.51. The molecule has 0 atom stereocenters. The van der Waals surface area contributed by atoms with Gasteiger partial charge in [-0.3, -0.25) is 0 Å². The van der Waals surface area contributed by atoms with E-state index in [2.05, 4.69) is 32.0 Å². The highest BCUT2D eigenvalue weighted by Crippen LogP contribution is 2.31. The Balaban J connectivity index is 2.29. The normalized spacial score (nSPS) is 15.9. The van der Waals surface area contributed by atoms with E-state index in [1.54, 1.807) is 11.1 Å². The highest BCUT2D eigenvalue weighted by molar-refractivity contribution is 6.17. The molecule has 0 unspecified atom stereocenters. The van der Waals surface area contributed by atoms with Crippen molar-refractivity contribution in [3.8, 4) is 0 Å². The van der Waals surface area contributed by atoms with Crippen LogP contribution in [0.2, 0.25) is 0 Å². The van der Waals surface area contributed by atoms with Gasteiger partial charge in [0.25, 0.3) is 0 Å². The number of benzene rings is 1. The summed E-state index contributed by atoms with van der Waals surface area (Å²) in [4.78, 5) is 0. The van der Waals surface area contributed by atoms with Crippen LogP contribution in [0.1, 0.15) is 49.8 Å². The molecule has 16 heavy (non-hydrogen) atoms. The van der Waals surface area contributed by atoms with Crippen LogP contribution in [0.3, 0.4) is 0 Å². The maximum absolute atomic E-state index is 5.88. The topological polar surface area (TPSA) is 0 Å². The standard InChI is InChI=1S/C15H21Cl/c1-15(2,9-10-16)14-8-7-12-5-3-4-6-13(12)11-14/h7-8,11H,3-6,9-10H2,1-2H3. The lowest BCUT2D eigenvalue weighted by molar-refractivity contribution is 0.507. The van der Waals surface area contributed by atoms with Gasteiger partial charge in [-0.05, 0) is 54.2 Å². The predicted molar refractivity (Wildman–Crippen MR) is 71.4 cm³/mol. The summed E-state index contributed by atoms with van der Waals surface area (Å²) in [7, 11) is 0. The number of fused-ring (bicyclic) bond motifs is 1. The quantitative estimate of drug-likeness (QED) is 0.680. The lowest BCUT2D eigenvalue weighted by Crippen LogP contribution is -2.18. The van der Waals surface area contributed by atoms with Crippen molar-refractivity contribution in [2.75, 3.05) is 5.88 Å². The van der Waals surface area contributed by atoms with Crippen LogP contribution >= 0.6 is 11.6 Å². The van der Waals surface area contributed by atoms with Gasteiger partial charge in [0, 0.05) is 5.88 Å². The van der Waals surface area contributed by atoms with Gasteiger partial charge in [0.1, 0.15) is 0 Å². The first-order valence-corrected chi connectivity index (χ1v) is 6.85. The van der Waals surface area contributed by atoms with E-state index >= 15 is 0 Å². The van der Waals surface area contributed by atoms with Gasteiger partial charge in [-0.2, -0.15) is 0 Å². The molecule has 0 amide bonds. The minimum absolute atomic E-state index is 0.216. The van der Waals surface area contributed by atoms with E-state index in [1.165, 1.54) is 31.2 Å². The van der Waals surface area contributed by atoms with Crippen molar-refractivity contribution in [1.82, 2.24) is 0 Å². The third kappa shape index (κ3) is 2.43. The summed E-state index contributed by atoms with van der Waals surface area (Å²) in [6.45, 7) is 4.58. The minimum atomic E-state index is 0.216. The average molecular weight is 237 g/mol. The molecule has 1 aromatic carbocycles. The SMILES string of the molecule is CC(C)(CCCl)c1ccc2c(c1)CCCC2. The van der Waals surface area contributed by atoms with Gasteiger partial charge in [0.2, 0.25) is 0 Å². The number of halogens is 1. The van der Waals surface area contributed by atoms with Crippen molar-refractivity contribution >= 4 is 11.6 Å². The minimum Gasteiger partial charge on any atom is -0.127 e. The summed E-state index contributed by atoms with van der Waals surface area (Å²) in [6.07, 6.45) is 6.29. The molecule has 0 bridgehead atoms. The third-order valence-corrected chi connectivity index (χ3v) is 4.04. The highest BCUT2D eigenvalue weighted by atomic mass is 35.5. The zero-order chi connectivity index (χ0) is 11.6. The first-order valence-electron chi connectivity index (χ1n) is 6.32. The van der Waals surface area contributed by atoms with E-state index in [1.807, 2.05) is 0 Å². The Kier molecular flexibility index (Phi) is 3.59. The largest absolute Gasteiger partial charge is 0.127 e. The molecule has 1 heteroatoms. The average Bonchev–Trinajstić information content (AvgIpc) is 2.28. The van der Waals surface area contributed by atoms with Gasteiger partial charge in [-0.25, -0.2) is 0 Å². The van der Waals surface area contributed by atoms with Crippen LogP contribution in [0.5, 0.6) is 0 Å². The molecule has 0 saturated heterocycles. The number of alkyl halides is 1. The molecular weight excluding hydrogens is 216 g/mol. The molecule has 88 valence electrons. The van der Waals surface area contributed by atoms with E-state index in [9.17, 15) is 0 Å². The van der Waals surface area contributed by atoms with Gasteiger partial charge in [-0.15, -0.1) is 11.6 Å². The van der Waals surface area contributed by atoms with Crippen LogP contribution in [-0.2, 0) is 18.3 Å². The van der Waals surface area contributed by atoms with Crippen LogP contribution < -0.4 is 0 Å². The van der Waals surface area contributed by atoms with Crippen LogP contribution in [0, 0.1) is 0 Å². The fourth-order valence-corrected chi connectivity index (χ4v) is 3.01. The molecule has 1 aliphatic carbocycles. The van der Waals surface area contributed by atoms with E-state index in [-0.39, 0.29) is 5.41 Å². The molecule has 0 saturated carbocycles. The summed E-state index contributed by atoms with van der Waals surface area (Å²) in [5.41, 5.74) is 4.81. The molecule has 0 nitrogen and oxygen atoms in total. The Morgan fingerprint density at radius 2 is 1.81 bits per heavy atom. The van der Waals surface area contributed by atoms with Crippen LogP contribution in [0.25, 0.3) is 0 Å². The fraction of sp³-hybridized carbons (Fsp3) is 0.600. The van der Waals surface area contributed by atoms with Crippen LogP contribution in [0.4, 0.5) is 0 Å². The third-order valence-electron chi connectivity index (χ3n) is 3.85. The van der Waals surface area contributed by atoms with Crippen molar-refractivity contribution in [3.63, 3.8) is 0 Å². The maximum atomic E-state index is 5.88. The predicted octanol–water partition coefficient (Wildman–Crippen LogP) is 4.47. The van der Waals surface area contributed by atoms with Gasteiger partial charge >= 0.3 is 0 Å². The summed E-state index contributed by atoms with van der Waals surface area (Å²) in [5, 5.41) is 0. The number of rotatable bonds is 3. The van der Waals surface area contributed by atoms with E-state index in [4.69, 9.17) is 11.6 Å². The van der Waals surface area contributed by atoms with E-state index in [0.717, 1.165) is 12.3 Å². The number of hydrogen-bond donors (Lipinski definition) is 0. The molecular formula is C15H21Cl. The summed E-state index contributed by atoms with van der Waals surface area (Å²) in [5.74, 6) is 0.740. The molecule has 0 heterocycles. The van der Waals surface area contributed by atoms with Crippen molar-refractivity contribution in [1.29, 1.82) is 0 Å². The van der Waals surface area contributed by atoms with Gasteiger partial charge < -0.3 is 0 Å². The van der Waals surface area contributed by atoms with E-state index in [0.29, 0.717) is 0 Å².